The Morgan fingerprint density at radius 3 is 2.80 bits per heavy atom. The van der Waals surface area contributed by atoms with Crippen LogP contribution < -0.4 is 10.6 Å². The number of carbonyl (C=O) groups excluding carboxylic acids is 1. The summed E-state index contributed by atoms with van der Waals surface area (Å²) in [7, 11) is 0. The molecule has 0 unspecified atom stereocenters. The van der Waals surface area contributed by atoms with E-state index in [1.54, 1.807) is 12.4 Å². The fourth-order valence-corrected chi connectivity index (χ4v) is 2.10. The first-order valence-corrected chi connectivity index (χ1v) is 6.48. The molecule has 4 N–H and O–H groups in total. The third-order valence-electron chi connectivity index (χ3n) is 3.31. The van der Waals surface area contributed by atoms with Crippen molar-refractivity contribution in [2.24, 2.45) is 0 Å². The molecule has 8 heteroatoms. The van der Waals surface area contributed by atoms with E-state index in [1.807, 2.05) is 0 Å². The third kappa shape index (κ3) is 3.47. The average molecular weight is 282 g/mol. The Morgan fingerprint density at radius 2 is 2.20 bits per heavy atom. The highest BCUT2D eigenvalue weighted by Crippen LogP contribution is 2.20. The number of ether oxygens (including phenoxy) is 1. The van der Waals surface area contributed by atoms with Crippen LogP contribution in [0.3, 0.4) is 0 Å². The van der Waals surface area contributed by atoms with Crippen LogP contribution in [0.25, 0.3) is 0 Å². The van der Waals surface area contributed by atoms with E-state index in [-0.39, 0.29) is 12.8 Å². The molecular weight excluding hydrogens is 264 g/mol. The van der Waals surface area contributed by atoms with Gasteiger partial charge in [0.25, 0.3) is 0 Å². The van der Waals surface area contributed by atoms with Crippen LogP contribution in [0.15, 0.2) is 12.4 Å². The highest BCUT2D eigenvalue weighted by atomic mass is 16.5. The van der Waals surface area contributed by atoms with E-state index in [1.165, 1.54) is 0 Å². The van der Waals surface area contributed by atoms with Gasteiger partial charge in [0, 0.05) is 51.4 Å². The van der Waals surface area contributed by atoms with E-state index in [9.17, 15) is 14.7 Å². The van der Waals surface area contributed by atoms with Crippen molar-refractivity contribution >= 4 is 12.0 Å². The number of aliphatic carboxylic acids is 1. The molecule has 1 aromatic heterocycles. The first kappa shape index (κ1) is 14.3. The molecule has 110 valence electrons. The van der Waals surface area contributed by atoms with Crippen molar-refractivity contribution in [3.05, 3.63) is 18.2 Å². The summed E-state index contributed by atoms with van der Waals surface area (Å²) in [5, 5.41) is 14.5. The number of imidazole rings is 1. The summed E-state index contributed by atoms with van der Waals surface area (Å²) in [5.74, 6) is -0.258. The van der Waals surface area contributed by atoms with E-state index < -0.39 is 17.5 Å². The van der Waals surface area contributed by atoms with Crippen LogP contribution in [0.5, 0.6) is 0 Å². The van der Waals surface area contributed by atoms with Crippen LogP contribution in [-0.2, 0) is 16.0 Å². The highest BCUT2D eigenvalue weighted by Gasteiger charge is 2.41. The van der Waals surface area contributed by atoms with Crippen molar-refractivity contribution in [2.45, 2.75) is 24.8 Å². The number of amides is 2. The van der Waals surface area contributed by atoms with Gasteiger partial charge in [0.1, 0.15) is 11.4 Å². The highest BCUT2D eigenvalue weighted by molar-refractivity contribution is 5.86. The van der Waals surface area contributed by atoms with E-state index in [2.05, 4.69) is 20.6 Å². The Kier molecular flexibility index (Phi) is 4.57. The van der Waals surface area contributed by atoms with Gasteiger partial charge in [0.2, 0.25) is 0 Å². The Balaban J connectivity index is 1.81. The molecule has 1 aliphatic rings. The zero-order valence-corrected chi connectivity index (χ0v) is 11.0. The summed E-state index contributed by atoms with van der Waals surface area (Å²) >= 11 is 0. The smallest absolute Gasteiger partial charge is 0.329 e. The summed E-state index contributed by atoms with van der Waals surface area (Å²) < 4.78 is 5.14. The number of carbonyl (C=O) groups is 2. The number of carboxylic acid groups (broad SMARTS) is 1. The van der Waals surface area contributed by atoms with E-state index in [0.717, 1.165) is 5.82 Å². The van der Waals surface area contributed by atoms with Gasteiger partial charge in [-0.2, -0.15) is 0 Å². The van der Waals surface area contributed by atoms with Crippen LogP contribution in [0.2, 0.25) is 0 Å². The minimum atomic E-state index is -1.23. The molecule has 8 nitrogen and oxygen atoms in total. The Hall–Kier alpha value is -2.09. The molecule has 1 aromatic rings. The fraction of sp³-hybridized carbons (Fsp3) is 0.583. The first-order chi connectivity index (χ1) is 9.62. The normalized spacial score (nSPS) is 17.4. The Morgan fingerprint density at radius 1 is 1.45 bits per heavy atom. The number of hydrogen-bond acceptors (Lipinski definition) is 4. The quantitative estimate of drug-likeness (QED) is 0.601. The number of aromatic nitrogens is 2. The lowest BCUT2D eigenvalue weighted by Gasteiger charge is -2.33. The van der Waals surface area contributed by atoms with Crippen molar-refractivity contribution in [1.29, 1.82) is 0 Å². The van der Waals surface area contributed by atoms with E-state index in [0.29, 0.717) is 26.2 Å². The number of rotatable bonds is 5. The molecule has 1 aliphatic heterocycles. The molecule has 0 radical (unpaired) electrons. The van der Waals surface area contributed by atoms with Crippen molar-refractivity contribution < 1.29 is 19.4 Å². The second-order valence-corrected chi connectivity index (χ2v) is 4.67. The summed E-state index contributed by atoms with van der Waals surface area (Å²) in [6.07, 6.45) is 4.44. The minimum Gasteiger partial charge on any atom is -0.480 e. The number of aromatic amines is 1. The van der Waals surface area contributed by atoms with Gasteiger partial charge in [-0.15, -0.1) is 0 Å². The predicted octanol–water partition coefficient (Wildman–Crippen LogP) is -0.115. The maximum absolute atomic E-state index is 11.8. The number of nitrogens with zero attached hydrogens (tertiary/aromatic N) is 1. The molecule has 1 fully saturated rings. The summed E-state index contributed by atoms with van der Waals surface area (Å²) in [4.78, 5) is 30.1. The molecule has 1 saturated heterocycles. The number of hydrogen-bond donors (Lipinski definition) is 4. The summed E-state index contributed by atoms with van der Waals surface area (Å²) in [6, 6.07) is -0.485. The third-order valence-corrected chi connectivity index (χ3v) is 3.31. The molecule has 0 aliphatic carbocycles. The minimum absolute atomic E-state index is 0.272. The van der Waals surface area contributed by atoms with Gasteiger partial charge in [0.05, 0.1) is 0 Å². The molecule has 0 bridgehead atoms. The standard InChI is InChI=1S/C12H18N4O4/c17-10(18)12(2-7-20-8-3-12)16-11(19)15-4-1-9-13-5-6-14-9/h5-6H,1-4,7-8H2,(H,13,14)(H,17,18)(H2,15,16,19). The molecule has 2 heterocycles. The molecule has 20 heavy (non-hydrogen) atoms. The predicted molar refractivity (Wildman–Crippen MR) is 69.2 cm³/mol. The second-order valence-electron chi connectivity index (χ2n) is 4.67. The summed E-state index contributed by atoms with van der Waals surface area (Å²) in [5.41, 5.74) is -1.23. The largest absolute Gasteiger partial charge is 0.480 e. The van der Waals surface area contributed by atoms with Gasteiger partial charge in [-0.25, -0.2) is 14.6 Å². The number of H-pyrrole nitrogens is 1. The maximum Gasteiger partial charge on any atom is 0.329 e. The molecular formula is C12H18N4O4. The number of carboxylic acids is 1. The zero-order valence-electron chi connectivity index (χ0n) is 11.0. The van der Waals surface area contributed by atoms with Gasteiger partial charge < -0.3 is 25.5 Å². The van der Waals surface area contributed by atoms with Crippen molar-refractivity contribution in [1.82, 2.24) is 20.6 Å². The van der Waals surface area contributed by atoms with E-state index in [4.69, 9.17) is 4.74 Å². The lowest BCUT2D eigenvalue weighted by Crippen LogP contribution is -2.59. The van der Waals surface area contributed by atoms with Crippen LogP contribution >= 0.6 is 0 Å². The van der Waals surface area contributed by atoms with E-state index >= 15 is 0 Å². The fourth-order valence-electron chi connectivity index (χ4n) is 2.10. The maximum atomic E-state index is 11.8. The SMILES string of the molecule is O=C(NCCc1ncc[nH]1)NC1(C(=O)O)CCOCC1. The second kappa shape index (κ2) is 6.38. The zero-order chi connectivity index (χ0) is 14.4. The topological polar surface area (TPSA) is 116 Å². The van der Waals surface area contributed by atoms with Crippen LogP contribution in [0, 0.1) is 0 Å². The molecule has 2 rings (SSSR count). The number of nitrogens with one attached hydrogen (secondary N) is 3. The monoisotopic (exact) mass is 282 g/mol. The summed E-state index contributed by atoms with van der Waals surface area (Å²) in [6.45, 7) is 1.05. The molecule has 0 aromatic carbocycles. The van der Waals surface area contributed by atoms with Crippen LogP contribution in [0.4, 0.5) is 4.79 Å². The molecule has 2 amide bonds. The Bertz CT molecular complexity index is 454. The van der Waals surface area contributed by atoms with Gasteiger partial charge in [0.15, 0.2) is 0 Å². The molecule has 0 saturated carbocycles. The van der Waals surface area contributed by atoms with Gasteiger partial charge in [-0.1, -0.05) is 0 Å². The van der Waals surface area contributed by atoms with Gasteiger partial charge in [-0.05, 0) is 0 Å². The number of urea groups is 1. The Labute approximate surface area is 115 Å². The molecule has 0 spiro atoms. The van der Waals surface area contributed by atoms with Crippen molar-refractivity contribution in [2.75, 3.05) is 19.8 Å². The van der Waals surface area contributed by atoms with Gasteiger partial charge in [-0.3, -0.25) is 0 Å². The average Bonchev–Trinajstić information content (AvgIpc) is 2.93. The molecule has 0 atom stereocenters. The van der Waals surface area contributed by atoms with Gasteiger partial charge >= 0.3 is 12.0 Å². The van der Waals surface area contributed by atoms with Crippen molar-refractivity contribution in [3.63, 3.8) is 0 Å². The van der Waals surface area contributed by atoms with Crippen LogP contribution in [-0.4, -0.2) is 52.4 Å². The van der Waals surface area contributed by atoms with Crippen molar-refractivity contribution in [3.8, 4) is 0 Å². The van der Waals surface area contributed by atoms with Crippen LogP contribution in [0.1, 0.15) is 18.7 Å². The lowest BCUT2D eigenvalue weighted by atomic mass is 9.90. The first-order valence-electron chi connectivity index (χ1n) is 6.48. The lowest BCUT2D eigenvalue weighted by molar-refractivity contribution is -0.148.